The molecule has 2 aliphatic heterocycles. The number of nitrogens with one attached hydrogen (secondary N) is 1. The number of piperidine rings is 1. The van der Waals surface area contributed by atoms with Crippen LogP contribution in [0.5, 0.6) is 0 Å². The number of rotatable bonds is 1. The zero-order valence-electron chi connectivity index (χ0n) is 10.4. The molecule has 0 radical (unpaired) electrons. The average Bonchev–Trinajstić information content (AvgIpc) is 2.28. The molecule has 0 saturated carbocycles. The predicted molar refractivity (Wildman–Crippen MR) is 64.3 cm³/mol. The van der Waals surface area contributed by atoms with Crippen molar-refractivity contribution in [3.63, 3.8) is 0 Å². The lowest BCUT2D eigenvalue weighted by Crippen LogP contribution is -2.54. The monoisotopic (exact) mass is 225 g/mol. The van der Waals surface area contributed by atoms with E-state index in [0.717, 1.165) is 45.6 Å². The Morgan fingerprint density at radius 2 is 2.12 bits per heavy atom. The van der Waals surface area contributed by atoms with E-state index in [1.54, 1.807) is 0 Å². The SMILES string of the molecule is CC1CN(C(=O)C2CCCN(C)C2)CCN1. The van der Waals surface area contributed by atoms with Crippen molar-refractivity contribution in [3.8, 4) is 0 Å². The van der Waals surface area contributed by atoms with Crippen LogP contribution in [0.1, 0.15) is 19.8 Å². The summed E-state index contributed by atoms with van der Waals surface area (Å²) in [5.41, 5.74) is 0. The highest BCUT2D eigenvalue weighted by Crippen LogP contribution is 2.18. The van der Waals surface area contributed by atoms with Crippen molar-refractivity contribution in [1.82, 2.24) is 15.1 Å². The van der Waals surface area contributed by atoms with Crippen molar-refractivity contribution in [2.24, 2.45) is 5.92 Å². The second-order valence-corrected chi connectivity index (χ2v) is 5.24. The number of piperazine rings is 1. The first-order valence-electron chi connectivity index (χ1n) is 6.37. The lowest BCUT2D eigenvalue weighted by molar-refractivity contribution is -0.138. The Labute approximate surface area is 98.0 Å². The highest BCUT2D eigenvalue weighted by Gasteiger charge is 2.29. The highest BCUT2D eigenvalue weighted by molar-refractivity contribution is 5.79. The molecular formula is C12H23N3O. The van der Waals surface area contributed by atoms with Crippen molar-refractivity contribution >= 4 is 5.91 Å². The molecular weight excluding hydrogens is 202 g/mol. The van der Waals surface area contributed by atoms with Crippen LogP contribution in [0.25, 0.3) is 0 Å². The van der Waals surface area contributed by atoms with Gasteiger partial charge in [-0.2, -0.15) is 0 Å². The third kappa shape index (κ3) is 2.74. The molecule has 0 bridgehead atoms. The molecule has 1 amide bonds. The summed E-state index contributed by atoms with van der Waals surface area (Å²) in [6, 6.07) is 0.444. The normalized spacial score (nSPS) is 32.8. The van der Waals surface area contributed by atoms with Gasteiger partial charge in [0, 0.05) is 32.2 Å². The first-order chi connectivity index (χ1) is 7.66. The molecule has 2 unspecified atom stereocenters. The van der Waals surface area contributed by atoms with Crippen LogP contribution < -0.4 is 5.32 Å². The molecule has 16 heavy (non-hydrogen) atoms. The molecule has 0 aliphatic carbocycles. The maximum atomic E-state index is 12.3. The molecule has 1 N–H and O–H groups in total. The van der Waals surface area contributed by atoms with Gasteiger partial charge in [0.05, 0.1) is 5.92 Å². The second kappa shape index (κ2) is 5.15. The van der Waals surface area contributed by atoms with E-state index in [1.807, 2.05) is 4.90 Å². The lowest BCUT2D eigenvalue weighted by Gasteiger charge is -2.37. The van der Waals surface area contributed by atoms with E-state index in [9.17, 15) is 4.79 Å². The van der Waals surface area contributed by atoms with Gasteiger partial charge >= 0.3 is 0 Å². The Balaban J connectivity index is 1.90. The minimum absolute atomic E-state index is 0.240. The summed E-state index contributed by atoms with van der Waals surface area (Å²) in [5, 5.41) is 3.37. The molecule has 0 aromatic carbocycles. The Bertz CT molecular complexity index is 233. The summed E-state index contributed by atoms with van der Waals surface area (Å²) in [4.78, 5) is 16.6. The quantitative estimate of drug-likeness (QED) is 0.690. The molecule has 2 heterocycles. The van der Waals surface area contributed by atoms with Crippen molar-refractivity contribution in [1.29, 1.82) is 0 Å². The predicted octanol–water partition coefficient (Wildman–Crippen LogP) is 0.149. The van der Waals surface area contributed by atoms with Gasteiger partial charge in [-0.1, -0.05) is 0 Å². The summed E-state index contributed by atoms with van der Waals surface area (Å²) in [5.74, 6) is 0.615. The van der Waals surface area contributed by atoms with Gasteiger partial charge in [-0.15, -0.1) is 0 Å². The number of carbonyl (C=O) groups is 1. The Morgan fingerprint density at radius 1 is 1.31 bits per heavy atom. The van der Waals surface area contributed by atoms with Gasteiger partial charge in [0.2, 0.25) is 5.91 Å². The number of carbonyl (C=O) groups excluding carboxylic acids is 1. The van der Waals surface area contributed by atoms with E-state index in [1.165, 1.54) is 0 Å². The summed E-state index contributed by atoms with van der Waals surface area (Å²) in [6.45, 7) is 6.92. The van der Waals surface area contributed by atoms with E-state index in [2.05, 4.69) is 24.2 Å². The van der Waals surface area contributed by atoms with Crippen molar-refractivity contribution in [3.05, 3.63) is 0 Å². The third-order valence-corrected chi connectivity index (χ3v) is 3.65. The molecule has 0 spiro atoms. The van der Waals surface area contributed by atoms with Gasteiger partial charge in [0.1, 0.15) is 0 Å². The van der Waals surface area contributed by atoms with E-state index in [4.69, 9.17) is 0 Å². The van der Waals surface area contributed by atoms with Gasteiger partial charge < -0.3 is 15.1 Å². The van der Waals surface area contributed by atoms with Crippen molar-refractivity contribution < 1.29 is 4.79 Å². The van der Waals surface area contributed by atoms with Crippen LogP contribution in [0.3, 0.4) is 0 Å². The fraction of sp³-hybridized carbons (Fsp3) is 0.917. The van der Waals surface area contributed by atoms with Crippen molar-refractivity contribution in [2.45, 2.75) is 25.8 Å². The fourth-order valence-electron chi connectivity index (χ4n) is 2.76. The van der Waals surface area contributed by atoms with E-state index in [-0.39, 0.29) is 5.92 Å². The summed E-state index contributed by atoms with van der Waals surface area (Å²) < 4.78 is 0. The number of amides is 1. The Kier molecular flexibility index (Phi) is 3.82. The molecule has 92 valence electrons. The van der Waals surface area contributed by atoms with Crippen LogP contribution in [0.15, 0.2) is 0 Å². The summed E-state index contributed by atoms with van der Waals surface area (Å²) in [7, 11) is 2.11. The van der Waals surface area contributed by atoms with Gasteiger partial charge in [0.25, 0.3) is 0 Å². The van der Waals surface area contributed by atoms with E-state index >= 15 is 0 Å². The largest absolute Gasteiger partial charge is 0.340 e. The lowest BCUT2D eigenvalue weighted by atomic mass is 9.96. The number of likely N-dealkylation sites (tertiary alicyclic amines) is 1. The topological polar surface area (TPSA) is 35.6 Å². The number of nitrogens with zero attached hydrogens (tertiary/aromatic N) is 2. The number of hydrogen-bond donors (Lipinski definition) is 1. The first-order valence-corrected chi connectivity index (χ1v) is 6.37. The minimum atomic E-state index is 0.240. The number of hydrogen-bond acceptors (Lipinski definition) is 3. The van der Waals surface area contributed by atoms with Crippen LogP contribution in [-0.2, 0) is 4.79 Å². The molecule has 2 rings (SSSR count). The van der Waals surface area contributed by atoms with Crippen LogP contribution >= 0.6 is 0 Å². The zero-order chi connectivity index (χ0) is 11.5. The van der Waals surface area contributed by atoms with Gasteiger partial charge in [-0.25, -0.2) is 0 Å². The van der Waals surface area contributed by atoms with Gasteiger partial charge in [-0.3, -0.25) is 4.79 Å². The van der Waals surface area contributed by atoms with Crippen LogP contribution in [0, 0.1) is 5.92 Å². The molecule has 2 saturated heterocycles. The molecule has 4 heteroatoms. The molecule has 0 aromatic heterocycles. The van der Waals surface area contributed by atoms with Crippen LogP contribution in [-0.4, -0.2) is 61.5 Å². The Hall–Kier alpha value is -0.610. The van der Waals surface area contributed by atoms with E-state index in [0.29, 0.717) is 11.9 Å². The molecule has 4 nitrogen and oxygen atoms in total. The van der Waals surface area contributed by atoms with Crippen LogP contribution in [0.2, 0.25) is 0 Å². The molecule has 0 aromatic rings. The Morgan fingerprint density at radius 3 is 2.81 bits per heavy atom. The standard InChI is InChI=1S/C12H23N3O/c1-10-8-15(7-5-13-10)12(16)11-4-3-6-14(2)9-11/h10-11,13H,3-9H2,1-2H3. The van der Waals surface area contributed by atoms with E-state index < -0.39 is 0 Å². The smallest absolute Gasteiger partial charge is 0.227 e. The molecule has 2 atom stereocenters. The summed E-state index contributed by atoms with van der Waals surface area (Å²) in [6.07, 6.45) is 2.23. The van der Waals surface area contributed by atoms with Gasteiger partial charge in [-0.05, 0) is 33.4 Å². The summed E-state index contributed by atoms with van der Waals surface area (Å²) >= 11 is 0. The minimum Gasteiger partial charge on any atom is -0.340 e. The highest BCUT2D eigenvalue weighted by atomic mass is 16.2. The third-order valence-electron chi connectivity index (χ3n) is 3.65. The first kappa shape index (κ1) is 11.9. The van der Waals surface area contributed by atoms with Crippen molar-refractivity contribution in [2.75, 3.05) is 39.8 Å². The zero-order valence-corrected chi connectivity index (χ0v) is 10.4. The second-order valence-electron chi connectivity index (χ2n) is 5.24. The average molecular weight is 225 g/mol. The molecule has 2 fully saturated rings. The fourth-order valence-corrected chi connectivity index (χ4v) is 2.76. The maximum absolute atomic E-state index is 12.3. The van der Waals surface area contributed by atoms with Gasteiger partial charge in [0.15, 0.2) is 0 Å². The molecule has 2 aliphatic rings. The van der Waals surface area contributed by atoms with Crippen LogP contribution in [0.4, 0.5) is 0 Å². The maximum Gasteiger partial charge on any atom is 0.227 e.